The summed E-state index contributed by atoms with van der Waals surface area (Å²) in [5, 5.41) is 23.6. The lowest BCUT2D eigenvalue weighted by Crippen LogP contribution is -2.52. The Morgan fingerprint density at radius 1 is 1.11 bits per heavy atom. The predicted octanol–water partition coefficient (Wildman–Crippen LogP) is 2.94. The molecule has 5 heteroatoms. The average Bonchev–Trinajstić information content (AvgIpc) is 3.16. The Labute approximate surface area is 172 Å². The van der Waals surface area contributed by atoms with Crippen molar-refractivity contribution in [1.82, 2.24) is 9.80 Å². The lowest BCUT2D eigenvalue weighted by molar-refractivity contribution is 0.0500. The topological polar surface area (TPSA) is 46.9 Å². The molecule has 1 fully saturated rings. The molecule has 4 nitrogen and oxygen atoms in total. The van der Waals surface area contributed by atoms with Crippen LogP contribution < -0.4 is 0 Å². The van der Waals surface area contributed by atoms with E-state index < -0.39 is 5.60 Å². The Morgan fingerprint density at radius 2 is 1.89 bits per heavy atom. The van der Waals surface area contributed by atoms with E-state index in [2.05, 4.69) is 50.6 Å². The van der Waals surface area contributed by atoms with Crippen molar-refractivity contribution in [3.05, 3.63) is 57.8 Å². The molecule has 0 aliphatic carbocycles. The summed E-state index contributed by atoms with van der Waals surface area (Å²) in [5.41, 5.74) is 2.58. The number of aliphatic hydroxyl groups is 2. The van der Waals surface area contributed by atoms with Crippen molar-refractivity contribution in [2.24, 2.45) is 0 Å². The summed E-state index contributed by atoms with van der Waals surface area (Å²) in [6.07, 6.45) is 0.812. The number of hydrogen-bond donors (Lipinski definition) is 2. The van der Waals surface area contributed by atoms with Crippen LogP contribution in [0, 0.1) is 11.8 Å². The fourth-order valence-corrected chi connectivity index (χ4v) is 4.19. The van der Waals surface area contributed by atoms with Crippen molar-refractivity contribution in [3.8, 4) is 11.8 Å². The SMILES string of the molecule is CC(C)(O)C#Cc1ccc(CN2CCN(Cc3ccsc3)[C@@H](CCO)C2)cc1. The first-order chi connectivity index (χ1) is 13.4. The molecule has 0 bridgehead atoms. The zero-order chi connectivity index (χ0) is 20.0. The van der Waals surface area contributed by atoms with Crippen molar-refractivity contribution >= 4 is 11.3 Å². The first-order valence-electron chi connectivity index (χ1n) is 9.86. The van der Waals surface area contributed by atoms with E-state index in [0.717, 1.165) is 44.7 Å². The maximum absolute atomic E-state index is 9.72. The van der Waals surface area contributed by atoms with Gasteiger partial charge in [0.25, 0.3) is 0 Å². The summed E-state index contributed by atoms with van der Waals surface area (Å²) >= 11 is 1.74. The molecule has 1 aromatic heterocycles. The standard InChI is InChI=1S/C23H30N2O2S/c1-23(2,27)10-7-19-3-5-20(6-4-19)15-24-11-12-25(22(17-24)8-13-26)16-21-9-14-28-18-21/h3-6,9,14,18,22,26-27H,8,11-13,15-17H2,1-2H3/t22-/m0/s1. The van der Waals surface area contributed by atoms with Crippen molar-refractivity contribution in [1.29, 1.82) is 0 Å². The van der Waals surface area contributed by atoms with Gasteiger partial charge in [-0.2, -0.15) is 11.3 Å². The van der Waals surface area contributed by atoms with E-state index in [1.54, 1.807) is 25.2 Å². The van der Waals surface area contributed by atoms with Crippen LogP contribution in [0.3, 0.4) is 0 Å². The molecule has 0 radical (unpaired) electrons. The Hall–Kier alpha value is -1.68. The van der Waals surface area contributed by atoms with Crippen LogP contribution in [0.4, 0.5) is 0 Å². The fraction of sp³-hybridized carbons (Fsp3) is 0.478. The zero-order valence-corrected chi connectivity index (χ0v) is 17.6. The van der Waals surface area contributed by atoms with Gasteiger partial charge in [-0.15, -0.1) is 0 Å². The Morgan fingerprint density at radius 3 is 2.54 bits per heavy atom. The van der Waals surface area contributed by atoms with Crippen molar-refractivity contribution < 1.29 is 10.2 Å². The maximum atomic E-state index is 9.72. The third-order valence-corrected chi connectivity index (χ3v) is 5.72. The molecule has 150 valence electrons. The minimum absolute atomic E-state index is 0.229. The van der Waals surface area contributed by atoms with Gasteiger partial charge in [-0.3, -0.25) is 9.80 Å². The highest BCUT2D eigenvalue weighted by Gasteiger charge is 2.26. The minimum Gasteiger partial charge on any atom is -0.396 e. The highest BCUT2D eigenvalue weighted by atomic mass is 32.1. The minimum atomic E-state index is -0.969. The predicted molar refractivity (Wildman–Crippen MR) is 115 cm³/mol. The molecule has 2 aromatic rings. The number of aliphatic hydroxyl groups excluding tert-OH is 1. The Kier molecular flexibility index (Phi) is 7.28. The van der Waals surface area contributed by atoms with Gasteiger partial charge in [-0.05, 0) is 60.4 Å². The molecule has 1 aliphatic heterocycles. The monoisotopic (exact) mass is 398 g/mol. The number of nitrogens with zero attached hydrogens (tertiary/aromatic N) is 2. The smallest absolute Gasteiger partial charge is 0.120 e. The molecular weight excluding hydrogens is 368 g/mol. The van der Waals surface area contributed by atoms with Gasteiger partial charge in [0.15, 0.2) is 0 Å². The Bertz CT molecular complexity index is 785. The lowest BCUT2D eigenvalue weighted by atomic mass is 10.1. The number of hydrogen-bond acceptors (Lipinski definition) is 5. The number of rotatable bonds is 6. The summed E-state index contributed by atoms with van der Waals surface area (Å²) in [4.78, 5) is 4.98. The summed E-state index contributed by atoms with van der Waals surface area (Å²) in [6.45, 7) is 8.52. The summed E-state index contributed by atoms with van der Waals surface area (Å²) in [6, 6.07) is 10.9. The molecule has 0 spiro atoms. The van der Waals surface area contributed by atoms with E-state index in [4.69, 9.17) is 0 Å². The van der Waals surface area contributed by atoms with Crippen LogP contribution in [0.5, 0.6) is 0 Å². The average molecular weight is 399 g/mol. The van der Waals surface area contributed by atoms with Crippen LogP contribution in [0.25, 0.3) is 0 Å². The maximum Gasteiger partial charge on any atom is 0.120 e. The van der Waals surface area contributed by atoms with Gasteiger partial charge in [0.2, 0.25) is 0 Å². The molecule has 0 saturated carbocycles. The van der Waals surface area contributed by atoms with Crippen molar-refractivity contribution in [2.75, 3.05) is 26.2 Å². The van der Waals surface area contributed by atoms with Crippen LogP contribution in [0.15, 0.2) is 41.1 Å². The molecule has 3 rings (SSSR count). The summed E-state index contributed by atoms with van der Waals surface area (Å²) in [5.74, 6) is 5.87. The number of piperazine rings is 1. The molecule has 2 heterocycles. The van der Waals surface area contributed by atoms with Gasteiger partial charge in [0, 0.05) is 50.9 Å². The van der Waals surface area contributed by atoms with Gasteiger partial charge in [0.05, 0.1) is 0 Å². The number of thiophene rings is 1. The molecule has 1 aromatic carbocycles. The second kappa shape index (κ2) is 9.69. The van der Waals surface area contributed by atoms with Crippen LogP contribution >= 0.6 is 11.3 Å². The van der Waals surface area contributed by atoms with E-state index in [-0.39, 0.29) is 6.61 Å². The van der Waals surface area contributed by atoms with Crippen LogP contribution in [0.2, 0.25) is 0 Å². The normalized spacial score (nSPS) is 18.6. The highest BCUT2D eigenvalue weighted by Crippen LogP contribution is 2.19. The van der Waals surface area contributed by atoms with Crippen molar-refractivity contribution in [3.63, 3.8) is 0 Å². The summed E-state index contributed by atoms with van der Waals surface area (Å²) in [7, 11) is 0. The molecular formula is C23H30N2O2S. The Balaban J connectivity index is 1.58. The molecule has 1 atom stereocenters. The van der Waals surface area contributed by atoms with Gasteiger partial charge in [-0.1, -0.05) is 24.0 Å². The van der Waals surface area contributed by atoms with Gasteiger partial charge in [-0.25, -0.2) is 0 Å². The van der Waals surface area contributed by atoms with Gasteiger partial charge in [0.1, 0.15) is 5.60 Å². The number of benzene rings is 1. The first kappa shape index (κ1) is 21.0. The van der Waals surface area contributed by atoms with E-state index in [1.807, 2.05) is 12.1 Å². The molecule has 2 N–H and O–H groups in total. The van der Waals surface area contributed by atoms with E-state index >= 15 is 0 Å². The van der Waals surface area contributed by atoms with E-state index in [0.29, 0.717) is 6.04 Å². The van der Waals surface area contributed by atoms with Gasteiger partial charge < -0.3 is 10.2 Å². The zero-order valence-electron chi connectivity index (χ0n) is 16.8. The second-order valence-corrected chi connectivity index (χ2v) is 8.79. The van der Waals surface area contributed by atoms with Crippen LogP contribution in [-0.2, 0) is 13.1 Å². The first-order valence-corrected chi connectivity index (χ1v) is 10.8. The van der Waals surface area contributed by atoms with Gasteiger partial charge >= 0.3 is 0 Å². The second-order valence-electron chi connectivity index (χ2n) is 8.01. The molecule has 0 unspecified atom stereocenters. The van der Waals surface area contributed by atoms with Crippen molar-refractivity contribution in [2.45, 2.75) is 45.0 Å². The molecule has 1 saturated heterocycles. The van der Waals surface area contributed by atoms with E-state index in [1.165, 1.54) is 11.1 Å². The third kappa shape index (κ3) is 6.44. The quantitative estimate of drug-likeness (QED) is 0.735. The lowest BCUT2D eigenvalue weighted by Gasteiger charge is -2.41. The fourth-order valence-electron chi connectivity index (χ4n) is 3.53. The molecule has 0 amide bonds. The third-order valence-electron chi connectivity index (χ3n) is 4.99. The summed E-state index contributed by atoms with van der Waals surface area (Å²) < 4.78 is 0. The highest BCUT2D eigenvalue weighted by molar-refractivity contribution is 7.07. The largest absolute Gasteiger partial charge is 0.396 e. The molecule has 28 heavy (non-hydrogen) atoms. The van der Waals surface area contributed by atoms with E-state index in [9.17, 15) is 10.2 Å². The van der Waals surface area contributed by atoms with Crippen LogP contribution in [-0.4, -0.2) is 57.9 Å². The van der Waals surface area contributed by atoms with Crippen LogP contribution in [0.1, 0.15) is 37.0 Å². The molecule has 1 aliphatic rings.